The summed E-state index contributed by atoms with van der Waals surface area (Å²) in [7, 11) is 0. The predicted octanol–water partition coefficient (Wildman–Crippen LogP) is 4.13. The molecule has 0 aliphatic rings. The average molecular weight is 336 g/mol. The highest BCUT2D eigenvalue weighted by atomic mass is 79.9. The zero-order chi connectivity index (χ0) is 14.7. The quantitative estimate of drug-likeness (QED) is 0.890. The smallest absolute Gasteiger partial charge is 0.0644 e. The summed E-state index contributed by atoms with van der Waals surface area (Å²) in [5.41, 5.74) is 5.00. The molecule has 3 nitrogen and oxygen atoms in total. The Morgan fingerprint density at radius 2 is 1.90 bits per heavy atom. The third-order valence-corrected chi connectivity index (χ3v) is 4.22. The minimum absolute atomic E-state index is 0.305. The third-order valence-electron chi connectivity index (χ3n) is 3.70. The lowest BCUT2D eigenvalue weighted by Gasteiger charge is -2.15. The van der Waals surface area contributed by atoms with E-state index in [1.54, 1.807) is 0 Å². The third kappa shape index (κ3) is 3.30. The van der Waals surface area contributed by atoms with Gasteiger partial charge in [-0.15, -0.1) is 0 Å². The standard InChI is InChI=1S/C16H22BrN3/c1-5-20-13(4)16(12(3)19-20)11(2)18-10-14-6-8-15(17)9-7-14/h6-9,11,18H,5,10H2,1-4H3. The fourth-order valence-corrected chi connectivity index (χ4v) is 2.88. The molecular weight excluding hydrogens is 314 g/mol. The molecule has 20 heavy (non-hydrogen) atoms. The molecule has 0 aliphatic carbocycles. The van der Waals surface area contributed by atoms with Gasteiger partial charge in [0.1, 0.15) is 0 Å². The Morgan fingerprint density at radius 3 is 2.45 bits per heavy atom. The number of nitrogens with zero attached hydrogens (tertiary/aromatic N) is 2. The van der Waals surface area contributed by atoms with Crippen LogP contribution in [0.15, 0.2) is 28.7 Å². The molecule has 2 aromatic rings. The van der Waals surface area contributed by atoms with Crippen molar-refractivity contribution in [3.63, 3.8) is 0 Å². The molecule has 0 bridgehead atoms. The molecule has 0 fully saturated rings. The second-order valence-electron chi connectivity index (χ2n) is 5.13. The summed E-state index contributed by atoms with van der Waals surface area (Å²) in [4.78, 5) is 0. The first-order valence-corrected chi connectivity index (χ1v) is 7.84. The first-order valence-electron chi connectivity index (χ1n) is 7.04. The van der Waals surface area contributed by atoms with Crippen molar-refractivity contribution in [1.29, 1.82) is 0 Å². The zero-order valence-corrected chi connectivity index (χ0v) is 14.2. The fraction of sp³-hybridized carbons (Fsp3) is 0.438. The van der Waals surface area contributed by atoms with Crippen molar-refractivity contribution < 1.29 is 0 Å². The first kappa shape index (κ1) is 15.3. The van der Waals surface area contributed by atoms with Gasteiger partial charge in [0.15, 0.2) is 0 Å². The minimum atomic E-state index is 0.305. The second-order valence-corrected chi connectivity index (χ2v) is 6.04. The highest BCUT2D eigenvalue weighted by Crippen LogP contribution is 2.22. The molecule has 0 saturated carbocycles. The zero-order valence-electron chi connectivity index (χ0n) is 12.6. The monoisotopic (exact) mass is 335 g/mol. The average Bonchev–Trinajstić information content (AvgIpc) is 2.72. The highest BCUT2D eigenvalue weighted by Gasteiger charge is 2.16. The normalized spacial score (nSPS) is 12.7. The second kappa shape index (κ2) is 6.55. The molecule has 1 heterocycles. The van der Waals surface area contributed by atoms with Gasteiger partial charge in [-0.1, -0.05) is 28.1 Å². The summed E-state index contributed by atoms with van der Waals surface area (Å²) < 4.78 is 3.19. The molecule has 0 saturated heterocycles. The van der Waals surface area contributed by atoms with Gasteiger partial charge in [0.05, 0.1) is 5.69 Å². The molecule has 1 unspecified atom stereocenters. The number of halogens is 1. The number of aromatic nitrogens is 2. The number of nitrogens with one attached hydrogen (secondary N) is 1. The topological polar surface area (TPSA) is 29.9 Å². The summed E-state index contributed by atoms with van der Waals surface area (Å²) in [5.74, 6) is 0. The van der Waals surface area contributed by atoms with Gasteiger partial charge in [-0.25, -0.2) is 0 Å². The molecule has 1 aromatic carbocycles. The van der Waals surface area contributed by atoms with E-state index in [1.165, 1.54) is 16.8 Å². The fourth-order valence-electron chi connectivity index (χ4n) is 2.62. The van der Waals surface area contributed by atoms with Gasteiger partial charge >= 0.3 is 0 Å². The Hall–Kier alpha value is -1.13. The van der Waals surface area contributed by atoms with E-state index >= 15 is 0 Å². The minimum Gasteiger partial charge on any atom is -0.306 e. The van der Waals surface area contributed by atoms with Crippen LogP contribution in [-0.2, 0) is 13.1 Å². The predicted molar refractivity (Wildman–Crippen MR) is 86.8 cm³/mol. The lowest BCUT2D eigenvalue weighted by molar-refractivity contribution is 0.566. The molecule has 0 amide bonds. The van der Waals surface area contributed by atoms with Gasteiger partial charge in [-0.2, -0.15) is 5.10 Å². The first-order chi connectivity index (χ1) is 9.52. The Morgan fingerprint density at radius 1 is 1.25 bits per heavy atom. The summed E-state index contributed by atoms with van der Waals surface area (Å²) in [6.07, 6.45) is 0. The van der Waals surface area contributed by atoms with Crippen molar-refractivity contribution in [2.24, 2.45) is 0 Å². The number of benzene rings is 1. The summed E-state index contributed by atoms with van der Waals surface area (Å²) >= 11 is 3.46. The van der Waals surface area contributed by atoms with Crippen molar-refractivity contribution >= 4 is 15.9 Å². The molecule has 4 heteroatoms. The number of hydrogen-bond donors (Lipinski definition) is 1. The van der Waals surface area contributed by atoms with Crippen LogP contribution in [0.1, 0.15) is 42.4 Å². The maximum Gasteiger partial charge on any atom is 0.0644 e. The molecule has 1 aromatic heterocycles. The Labute approximate surface area is 129 Å². The molecule has 0 spiro atoms. The van der Waals surface area contributed by atoms with Crippen molar-refractivity contribution in [3.8, 4) is 0 Å². The van der Waals surface area contributed by atoms with E-state index in [9.17, 15) is 0 Å². The van der Waals surface area contributed by atoms with Crippen LogP contribution in [0.25, 0.3) is 0 Å². The van der Waals surface area contributed by atoms with Crippen molar-refractivity contribution in [1.82, 2.24) is 15.1 Å². The lowest BCUT2D eigenvalue weighted by Crippen LogP contribution is -2.19. The SMILES string of the molecule is CCn1nc(C)c(C(C)NCc2ccc(Br)cc2)c1C. The van der Waals surface area contributed by atoms with E-state index in [-0.39, 0.29) is 0 Å². The van der Waals surface area contributed by atoms with E-state index in [1.807, 2.05) is 0 Å². The van der Waals surface area contributed by atoms with Crippen LogP contribution >= 0.6 is 15.9 Å². The van der Waals surface area contributed by atoms with Gasteiger partial charge in [0, 0.05) is 34.9 Å². The van der Waals surface area contributed by atoms with Gasteiger partial charge in [-0.3, -0.25) is 4.68 Å². The van der Waals surface area contributed by atoms with Crippen LogP contribution in [0.2, 0.25) is 0 Å². The van der Waals surface area contributed by atoms with E-state index < -0.39 is 0 Å². The molecule has 108 valence electrons. The number of aryl methyl sites for hydroxylation is 2. The maximum atomic E-state index is 4.59. The molecule has 0 aliphatic heterocycles. The summed E-state index contributed by atoms with van der Waals surface area (Å²) in [6, 6.07) is 8.73. The molecule has 2 rings (SSSR count). The van der Waals surface area contributed by atoms with Crippen LogP contribution in [0.5, 0.6) is 0 Å². The van der Waals surface area contributed by atoms with Crippen LogP contribution in [0.4, 0.5) is 0 Å². The van der Waals surface area contributed by atoms with E-state index in [2.05, 4.69) is 83.0 Å². The van der Waals surface area contributed by atoms with Crippen LogP contribution in [-0.4, -0.2) is 9.78 Å². The molecule has 1 atom stereocenters. The Bertz CT molecular complexity index is 572. The Kier molecular flexibility index (Phi) is 5.00. The van der Waals surface area contributed by atoms with Crippen molar-refractivity contribution in [3.05, 3.63) is 51.3 Å². The summed E-state index contributed by atoms with van der Waals surface area (Å²) in [5, 5.41) is 8.17. The van der Waals surface area contributed by atoms with Crippen molar-refractivity contribution in [2.75, 3.05) is 0 Å². The van der Waals surface area contributed by atoms with Gasteiger partial charge in [-0.05, 0) is 45.4 Å². The molecule has 0 radical (unpaired) electrons. The van der Waals surface area contributed by atoms with E-state index in [0.29, 0.717) is 6.04 Å². The largest absolute Gasteiger partial charge is 0.306 e. The molecular formula is C16H22BrN3. The Balaban J connectivity index is 2.07. The molecule has 1 N–H and O–H groups in total. The van der Waals surface area contributed by atoms with Crippen LogP contribution in [0.3, 0.4) is 0 Å². The van der Waals surface area contributed by atoms with E-state index in [0.717, 1.165) is 23.3 Å². The number of rotatable bonds is 5. The van der Waals surface area contributed by atoms with Gasteiger partial charge < -0.3 is 5.32 Å². The highest BCUT2D eigenvalue weighted by molar-refractivity contribution is 9.10. The van der Waals surface area contributed by atoms with Crippen LogP contribution in [0, 0.1) is 13.8 Å². The van der Waals surface area contributed by atoms with Crippen LogP contribution < -0.4 is 5.32 Å². The lowest BCUT2D eigenvalue weighted by atomic mass is 10.1. The number of hydrogen-bond acceptors (Lipinski definition) is 2. The summed E-state index contributed by atoms with van der Waals surface area (Å²) in [6.45, 7) is 10.4. The maximum absolute atomic E-state index is 4.59. The van der Waals surface area contributed by atoms with Crippen molar-refractivity contribution in [2.45, 2.75) is 46.8 Å². The van der Waals surface area contributed by atoms with Gasteiger partial charge in [0.25, 0.3) is 0 Å². The van der Waals surface area contributed by atoms with E-state index in [4.69, 9.17) is 0 Å². The van der Waals surface area contributed by atoms with Gasteiger partial charge in [0.2, 0.25) is 0 Å².